The normalized spacial score (nSPS) is 17.4. The third-order valence-corrected chi connectivity index (χ3v) is 7.33. The second-order valence-corrected chi connectivity index (χ2v) is 10.5. The van der Waals surface area contributed by atoms with Crippen molar-refractivity contribution in [3.63, 3.8) is 0 Å². The molecule has 0 aliphatic carbocycles. The molecular weight excluding hydrogens is 348 g/mol. The molecule has 1 saturated heterocycles. The Bertz CT molecular complexity index is 688. The van der Waals surface area contributed by atoms with E-state index in [-0.39, 0.29) is 5.75 Å². The van der Waals surface area contributed by atoms with Gasteiger partial charge in [0.1, 0.15) is 0 Å². The lowest BCUT2D eigenvalue weighted by molar-refractivity contribution is 0.172. The van der Waals surface area contributed by atoms with Crippen LogP contribution in [0.1, 0.15) is 26.3 Å². The lowest BCUT2D eigenvalue weighted by Gasteiger charge is -2.36. The van der Waals surface area contributed by atoms with Gasteiger partial charge in [0.05, 0.1) is 10.5 Å². The van der Waals surface area contributed by atoms with Gasteiger partial charge >= 0.3 is 0 Å². The van der Waals surface area contributed by atoms with Gasteiger partial charge < -0.3 is 10.2 Å². The van der Waals surface area contributed by atoms with Crippen LogP contribution in [0.25, 0.3) is 0 Å². The Labute approximate surface area is 158 Å². The molecule has 0 amide bonds. The third-order valence-electron chi connectivity index (χ3n) is 4.72. The fourth-order valence-corrected chi connectivity index (χ4v) is 3.88. The molecule has 0 atom stereocenters. The summed E-state index contributed by atoms with van der Waals surface area (Å²) in [5.41, 5.74) is 1.33. The molecule has 6 nitrogen and oxygen atoms in total. The van der Waals surface area contributed by atoms with Gasteiger partial charge in [-0.15, -0.1) is 0 Å². The van der Waals surface area contributed by atoms with E-state index in [1.54, 1.807) is 27.8 Å². The number of guanidine groups is 1. The smallest absolute Gasteiger partial charge is 0.193 e. The largest absolute Gasteiger partial charge is 0.355 e. The fraction of sp³-hybridized carbons (Fsp3) is 0.632. The highest BCUT2D eigenvalue weighted by atomic mass is 32.2. The summed E-state index contributed by atoms with van der Waals surface area (Å²) in [4.78, 5) is 8.95. The summed E-state index contributed by atoms with van der Waals surface area (Å²) >= 11 is 0. The molecule has 0 radical (unpaired) electrons. The van der Waals surface area contributed by atoms with E-state index in [2.05, 4.69) is 44.4 Å². The van der Waals surface area contributed by atoms with E-state index in [4.69, 9.17) is 0 Å². The molecule has 1 N–H and O–H groups in total. The molecule has 1 fully saturated rings. The van der Waals surface area contributed by atoms with Gasteiger partial charge in [-0.05, 0) is 26.3 Å². The van der Waals surface area contributed by atoms with Gasteiger partial charge in [-0.2, -0.15) is 0 Å². The zero-order valence-electron chi connectivity index (χ0n) is 16.4. The molecule has 2 rings (SSSR count). The Morgan fingerprint density at radius 3 is 2.27 bits per heavy atom. The van der Waals surface area contributed by atoms with E-state index in [1.807, 2.05) is 6.07 Å². The highest BCUT2D eigenvalue weighted by Crippen LogP contribution is 2.15. The molecule has 7 heteroatoms. The molecule has 0 spiro atoms. The van der Waals surface area contributed by atoms with Crippen LogP contribution in [0.15, 0.2) is 35.3 Å². The van der Waals surface area contributed by atoms with Crippen molar-refractivity contribution in [1.29, 1.82) is 0 Å². The van der Waals surface area contributed by atoms with Crippen LogP contribution in [0, 0.1) is 0 Å². The molecule has 1 heterocycles. The first kappa shape index (κ1) is 20.7. The second kappa shape index (κ2) is 8.86. The Balaban J connectivity index is 1.80. The summed E-state index contributed by atoms with van der Waals surface area (Å²) in [5.74, 6) is 0.900. The van der Waals surface area contributed by atoms with Crippen molar-refractivity contribution in [2.24, 2.45) is 4.99 Å². The number of hydrogen-bond acceptors (Lipinski definition) is 4. The molecule has 1 aromatic carbocycles. The molecule has 1 aliphatic rings. The number of aliphatic imine (C=N–C) groups is 1. The van der Waals surface area contributed by atoms with Gasteiger partial charge in [-0.1, -0.05) is 30.3 Å². The number of nitrogens with zero attached hydrogens (tertiary/aromatic N) is 3. The second-order valence-electron chi connectivity index (χ2n) is 7.65. The van der Waals surface area contributed by atoms with Crippen LogP contribution in [-0.2, 0) is 16.4 Å². The maximum atomic E-state index is 12.2. The van der Waals surface area contributed by atoms with Gasteiger partial charge in [0.15, 0.2) is 15.8 Å². The summed E-state index contributed by atoms with van der Waals surface area (Å²) in [6.07, 6.45) is 0. The van der Waals surface area contributed by atoms with Gasteiger partial charge in [0.25, 0.3) is 0 Å². The van der Waals surface area contributed by atoms with Crippen LogP contribution >= 0.6 is 0 Å². The maximum absolute atomic E-state index is 12.2. The van der Waals surface area contributed by atoms with Crippen LogP contribution in [0.4, 0.5) is 0 Å². The summed E-state index contributed by atoms with van der Waals surface area (Å²) in [6.45, 7) is 10.3. The Morgan fingerprint density at radius 1 is 1.12 bits per heavy atom. The number of nitrogens with one attached hydrogen (secondary N) is 1. The summed E-state index contributed by atoms with van der Waals surface area (Å²) in [5, 5.41) is 3.21. The highest BCUT2D eigenvalue weighted by molar-refractivity contribution is 7.92. The van der Waals surface area contributed by atoms with Gasteiger partial charge in [-0.25, -0.2) is 8.42 Å². The molecule has 146 valence electrons. The maximum Gasteiger partial charge on any atom is 0.193 e. The zero-order valence-corrected chi connectivity index (χ0v) is 17.2. The average Bonchev–Trinajstić information content (AvgIpc) is 2.59. The molecule has 26 heavy (non-hydrogen) atoms. The van der Waals surface area contributed by atoms with Crippen molar-refractivity contribution in [3.8, 4) is 0 Å². The number of hydrogen-bond donors (Lipinski definition) is 1. The molecule has 0 aromatic heterocycles. The van der Waals surface area contributed by atoms with Crippen LogP contribution in [-0.4, -0.2) is 74.4 Å². The minimum Gasteiger partial charge on any atom is -0.355 e. The van der Waals surface area contributed by atoms with Crippen LogP contribution < -0.4 is 5.32 Å². The van der Waals surface area contributed by atoms with Crippen LogP contribution in [0.5, 0.6) is 0 Å². The van der Waals surface area contributed by atoms with Gasteiger partial charge in [0.2, 0.25) is 0 Å². The minimum atomic E-state index is -3.12. The van der Waals surface area contributed by atoms with Crippen molar-refractivity contribution in [2.45, 2.75) is 32.1 Å². The first-order valence-corrected chi connectivity index (χ1v) is 10.8. The van der Waals surface area contributed by atoms with E-state index < -0.39 is 14.6 Å². The van der Waals surface area contributed by atoms with E-state index in [0.29, 0.717) is 6.54 Å². The molecular formula is C19H32N4O2S. The quantitative estimate of drug-likeness (QED) is 0.621. The lowest BCUT2D eigenvalue weighted by atomic mass is 10.2. The average molecular weight is 381 g/mol. The number of piperazine rings is 1. The fourth-order valence-electron chi connectivity index (χ4n) is 2.90. The van der Waals surface area contributed by atoms with E-state index in [0.717, 1.165) is 38.7 Å². The van der Waals surface area contributed by atoms with Gasteiger partial charge in [0, 0.05) is 46.3 Å². The van der Waals surface area contributed by atoms with Crippen LogP contribution in [0.3, 0.4) is 0 Å². The lowest BCUT2D eigenvalue weighted by Crippen LogP contribution is -2.52. The number of rotatable bonds is 5. The first-order chi connectivity index (χ1) is 12.2. The summed E-state index contributed by atoms with van der Waals surface area (Å²) in [7, 11) is -1.37. The standard InChI is InChI=1S/C19H32N4O2S/c1-19(2,3)26(24,25)15-10-21-18(20-4)23-13-11-22(12-14-23)16-17-8-6-5-7-9-17/h5-9H,10-16H2,1-4H3,(H,20,21). The van der Waals surface area contributed by atoms with Crippen molar-refractivity contribution >= 4 is 15.8 Å². The number of benzene rings is 1. The molecule has 0 bridgehead atoms. The Kier molecular flexibility index (Phi) is 7.06. The summed E-state index contributed by atoms with van der Waals surface area (Å²) < 4.78 is 23.7. The Hall–Kier alpha value is -1.60. The van der Waals surface area contributed by atoms with Crippen molar-refractivity contribution in [3.05, 3.63) is 35.9 Å². The molecule has 1 aliphatic heterocycles. The van der Waals surface area contributed by atoms with E-state index >= 15 is 0 Å². The van der Waals surface area contributed by atoms with Crippen molar-refractivity contribution in [2.75, 3.05) is 45.5 Å². The molecule has 0 saturated carbocycles. The van der Waals surface area contributed by atoms with Crippen molar-refractivity contribution < 1.29 is 8.42 Å². The van der Waals surface area contributed by atoms with Gasteiger partial charge in [-0.3, -0.25) is 9.89 Å². The van der Waals surface area contributed by atoms with Crippen molar-refractivity contribution in [1.82, 2.24) is 15.1 Å². The Morgan fingerprint density at radius 2 is 1.73 bits per heavy atom. The predicted molar refractivity (Wildman–Crippen MR) is 108 cm³/mol. The number of sulfone groups is 1. The molecule has 1 aromatic rings. The zero-order chi connectivity index (χ0) is 19.2. The third kappa shape index (κ3) is 5.71. The monoisotopic (exact) mass is 380 g/mol. The predicted octanol–water partition coefficient (Wildman–Crippen LogP) is 1.59. The highest BCUT2D eigenvalue weighted by Gasteiger charge is 2.28. The first-order valence-electron chi connectivity index (χ1n) is 9.17. The minimum absolute atomic E-state index is 0.115. The van der Waals surface area contributed by atoms with E-state index in [9.17, 15) is 8.42 Å². The summed E-state index contributed by atoms with van der Waals surface area (Å²) in [6, 6.07) is 10.5. The topological polar surface area (TPSA) is 65.0 Å². The van der Waals surface area contributed by atoms with Crippen LogP contribution in [0.2, 0.25) is 0 Å². The SMILES string of the molecule is CN=C(NCCS(=O)(=O)C(C)(C)C)N1CCN(Cc2ccccc2)CC1. The van der Waals surface area contributed by atoms with E-state index in [1.165, 1.54) is 5.56 Å². The molecule has 0 unspecified atom stereocenters.